The molecule has 0 atom stereocenters. The van der Waals surface area contributed by atoms with Crippen LogP contribution < -0.4 is 15.1 Å². The predicted octanol–water partition coefficient (Wildman–Crippen LogP) is 4.81. The van der Waals surface area contributed by atoms with E-state index in [9.17, 15) is 0 Å². The van der Waals surface area contributed by atoms with E-state index in [0.29, 0.717) is 0 Å². The Morgan fingerprint density at radius 2 is 1.42 bits per heavy atom. The van der Waals surface area contributed by atoms with E-state index in [0.717, 1.165) is 31.4 Å². The van der Waals surface area contributed by atoms with Crippen molar-refractivity contribution in [3.63, 3.8) is 0 Å². The van der Waals surface area contributed by atoms with Crippen molar-refractivity contribution in [2.45, 2.75) is 38.5 Å². The molecular weight excluding hydrogens is 380 g/mol. The molecule has 162 valence electrons. The lowest BCUT2D eigenvalue weighted by Crippen LogP contribution is -2.26. The maximum Gasteiger partial charge on any atom is 0.0703 e. The molecule has 4 nitrogen and oxygen atoms in total. The highest BCUT2D eigenvalue weighted by Gasteiger charge is 2.18. The van der Waals surface area contributed by atoms with Crippen molar-refractivity contribution in [3.8, 4) is 0 Å². The van der Waals surface area contributed by atoms with Gasteiger partial charge in [-0.15, -0.1) is 0 Å². The van der Waals surface area contributed by atoms with E-state index in [4.69, 9.17) is 0 Å². The zero-order valence-electron chi connectivity index (χ0n) is 18.5. The molecule has 31 heavy (non-hydrogen) atoms. The first-order chi connectivity index (χ1) is 15.4. The number of aromatic nitrogens is 1. The lowest BCUT2D eigenvalue weighted by molar-refractivity contribution is 0.804. The van der Waals surface area contributed by atoms with Gasteiger partial charge in [0.15, 0.2) is 0 Å². The third kappa shape index (κ3) is 4.85. The molecule has 0 bridgehead atoms. The van der Waals surface area contributed by atoms with Gasteiger partial charge in [-0.2, -0.15) is 0 Å². The molecule has 3 aliphatic rings. The van der Waals surface area contributed by atoms with Crippen molar-refractivity contribution in [1.82, 2.24) is 10.3 Å². The van der Waals surface area contributed by atoms with Crippen molar-refractivity contribution in [1.29, 1.82) is 0 Å². The second-order valence-electron chi connectivity index (χ2n) is 8.98. The van der Waals surface area contributed by atoms with E-state index in [1.165, 1.54) is 79.8 Å². The normalized spacial score (nSPS) is 18.5. The summed E-state index contributed by atoms with van der Waals surface area (Å²) in [6.45, 7) is 7.06. The molecule has 1 N–H and O–H groups in total. The number of hydrogen-bond acceptors (Lipinski definition) is 4. The summed E-state index contributed by atoms with van der Waals surface area (Å²) in [5.41, 5.74) is 6.79. The Morgan fingerprint density at radius 1 is 0.677 bits per heavy atom. The molecule has 0 spiro atoms. The molecule has 6 rings (SSSR count). The van der Waals surface area contributed by atoms with Gasteiger partial charge in [-0.25, -0.2) is 0 Å². The van der Waals surface area contributed by atoms with Gasteiger partial charge in [0.1, 0.15) is 0 Å². The van der Waals surface area contributed by atoms with Gasteiger partial charge in [0.25, 0.3) is 0 Å². The fraction of sp³-hybridized carbons (Fsp3) is 0.444. The third-order valence-corrected chi connectivity index (χ3v) is 6.86. The van der Waals surface area contributed by atoms with E-state index < -0.39 is 0 Å². The maximum atomic E-state index is 4.65. The van der Waals surface area contributed by atoms with Gasteiger partial charge in [0, 0.05) is 37.3 Å². The van der Waals surface area contributed by atoms with Gasteiger partial charge in [0.2, 0.25) is 0 Å². The number of nitrogens with one attached hydrogen (secondary N) is 1. The van der Waals surface area contributed by atoms with Crippen molar-refractivity contribution in [2.75, 3.05) is 49.1 Å². The number of pyridine rings is 1. The lowest BCUT2D eigenvalue weighted by atomic mass is 10.0. The molecule has 0 amide bonds. The summed E-state index contributed by atoms with van der Waals surface area (Å²) in [5.74, 6) is 0. The fourth-order valence-electron chi connectivity index (χ4n) is 5.00. The van der Waals surface area contributed by atoms with E-state index >= 15 is 0 Å². The minimum atomic E-state index is 1.07. The SMILES string of the molecule is C1CCNC1.c1ccc2ncc(N3CCc4ccc(N5CCCC5)cc4CC3)cc2c1. The van der Waals surface area contributed by atoms with Crippen LogP contribution in [-0.2, 0) is 12.8 Å². The summed E-state index contributed by atoms with van der Waals surface area (Å²) in [6.07, 6.45) is 9.71. The quantitative estimate of drug-likeness (QED) is 0.652. The molecule has 0 radical (unpaired) electrons. The lowest BCUT2D eigenvalue weighted by Gasteiger charge is -2.22. The van der Waals surface area contributed by atoms with Crippen LogP contribution in [0.4, 0.5) is 11.4 Å². The summed E-state index contributed by atoms with van der Waals surface area (Å²) >= 11 is 0. The van der Waals surface area contributed by atoms with Gasteiger partial charge in [0.05, 0.1) is 17.4 Å². The molecule has 2 fully saturated rings. The molecule has 1 aromatic heterocycles. The molecule has 2 aromatic carbocycles. The zero-order chi connectivity index (χ0) is 20.9. The highest BCUT2D eigenvalue weighted by atomic mass is 15.1. The van der Waals surface area contributed by atoms with Crippen LogP contribution in [0.1, 0.15) is 36.8 Å². The average molecular weight is 415 g/mol. The van der Waals surface area contributed by atoms with Gasteiger partial charge in [-0.3, -0.25) is 4.98 Å². The fourth-order valence-corrected chi connectivity index (χ4v) is 5.00. The van der Waals surface area contributed by atoms with Crippen LogP contribution >= 0.6 is 0 Å². The highest BCUT2D eigenvalue weighted by Crippen LogP contribution is 2.27. The predicted molar refractivity (Wildman–Crippen MR) is 131 cm³/mol. The zero-order valence-corrected chi connectivity index (χ0v) is 18.5. The second-order valence-corrected chi connectivity index (χ2v) is 8.98. The first kappa shape index (κ1) is 20.3. The number of para-hydroxylation sites is 1. The minimum absolute atomic E-state index is 1.07. The monoisotopic (exact) mass is 414 g/mol. The first-order valence-electron chi connectivity index (χ1n) is 12.0. The molecule has 0 aliphatic carbocycles. The molecule has 4 heteroatoms. The van der Waals surface area contributed by atoms with E-state index in [2.05, 4.69) is 68.6 Å². The smallest absolute Gasteiger partial charge is 0.0703 e. The van der Waals surface area contributed by atoms with E-state index in [1.54, 1.807) is 0 Å². The number of nitrogens with zero attached hydrogens (tertiary/aromatic N) is 3. The van der Waals surface area contributed by atoms with Crippen LogP contribution in [0.25, 0.3) is 10.9 Å². The Kier molecular flexibility index (Phi) is 6.35. The molecule has 0 saturated carbocycles. The van der Waals surface area contributed by atoms with Crippen LogP contribution in [0.2, 0.25) is 0 Å². The van der Waals surface area contributed by atoms with Gasteiger partial charge < -0.3 is 15.1 Å². The maximum absolute atomic E-state index is 4.65. The molecule has 4 heterocycles. The van der Waals surface area contributed by atoms with Crippen LogP contribution in [0, 0.1) is 0 Å². The largest absolute Gasteiger partial charge is 0.372 e. The number of hydrogen-bond donors (Lipinski definition) is 1. The number of rotatable bonds is 2. The Morgan fingerprint density at radius 3 is 2.19 bits per heavy atom. The standard InChI is InChI=1S/C23H25N3.C4H9N/c1-2-6-23-20(5-1)16-22(17-24-23)26-13-9-18-7-8-21(15-19(18)10-14-26)25-11-3-4-12-25;1-2-4-5-3-1/h1-2,5-8,15-17H,3-4,9-14H2;5H,1-4H2. The van der Waals surface area contributed by atoms with Gasteiger partial charge in [-0.1, -0.05) is 24.3 Å². The van der Waals surface area contributed by atoms with Gasteiger partial charge >= 0.3 is 0 Å². The van der Waals surface area contributed by atoms with Crippen molar-refractivity contribution in [3.05, 3.63) is 65.9 Å². The summed E-state index contributed by atoms with van der Waals surface area (Å²) in [7, 11) is 0. The van der Waals surface area contributed by atoms with Crippen molar-refractivity contribution in [2.24, 2.45) is 0 Å². The third-order valence-electron chi connectivity index (χ3n) is 6.86. The topological polar surface area (TPSA) is 31.4 Å². The Labute approximate surface area is 186 Å². The summed E-state index contributed by atoms with van der Waals surface area (Å²) in [6, 6.07) is 17.8. The van der Waals surface area contributed by atoms with Crippen LogP contribution in [0.3, 0.4) is 0 Å². The minimum Gasteiger partial charge on any atom is -0.372 e. The molecular formula is C27H34N4. The molecule has 3 aromatic rings. The average Bonchev–Trinajstić information content (AvgIpc) is 3.54. The number of benzene rings is 2. The summed E-state index contributed by atoms with van der Waals surface area (Å²) in [5, 5.41) is 4.45. The van der Waals surface area contributed by atoms with Crippen LogP contribution in [0.5, 0.6) is 0 Å². The number of fused-ring (bicyclic) bond motifs is 2. The molecule has 3 aliphatic heterocycles. The first-order valence-corrected chi connectivity index (χ1v) is 12.0. The Hall–Kier alpha value is -2.59. The van der Waals surface area contributed by atoms with Crippen LogP contribution in [0.15, 0.2) is 54.7 Å². The van der Waals surface area contributed by atoms with E-state index in [1.807, 2.05) is 6.20 Å². The van der Waals surface area contributed by atoms with Gasteiger partial charge in [-0.05, 0) is 87.0 Å². The summed E-state index contributed by atoms with van der Waals surface area (Å²) in [4.78, 5) is 9.69. The van der Waals surface area contributed by atoms with Crippen LogP contribution in [-0.4, -0.2) is 44.3 Å². The molecule has 0 unspecified atom stereocenters. The highest BCUT2D eigenvalue weighted by molar-refractivity contribution is 5.81. The second kappa shape index (κ2) is 9.69. The summed E-state index contributed by atoms with van der Waals surface area (Å²) < 4.78 is 0. The van der Waals surface area contributed by atoms with Crippen molar-refractivity contribution >= 4 is 22.3 Å². The van der Waals surface area contributed by atoms with Crippen molar-refractivity contribution < 1.29 is 0 Å². The Balaban J connectivity index is 0.000000361. The van der Waals surface area contributed by atoms with E-state index in [-0.39, 0.29) is 0 Å². The Bertz CT molecular complexity index is 997. The molecule has 2 saturated heterocycles. The number of anilines is 2.